The second-order valence-electron chi connectivity index (χ2n) is 10.5. The van der Waals surface area contributed by atoms with E-state index < -0.39 is 0 Å². The summed E-state index contributed by atoms with van der Waals surface area (Å²) in [7, 11) is 0. The van der Waals surface area contributed by atoms with Crippen LogP contribution in [-0.2, 0) is 30.2 Å². The largest absolute Gasteiger partial charge is 0.494 e. The Kier molecular flexibility index (Phi) is 11.8. The van der Waals surface area contributed by atoms with Gasteiger partial charge < -0.3 is 39.4 Å². The number of benzene rings is 3. The molecule has 11 heteroatoms. The summed E-state index contributed by atoms with van der Waals surface area (Å²) in [6.07, 6.45) is 1.63. The summed E-state index contributed by atoms with van der Waals surface area (Å²) in [5.41, 5.74) is 8.52. The molecule has 0 amide bonds. The van der Waals surface area contributed by atoms with Gasteiger partial charge in [-0.2, -0.15) is 0 Å². The van der Waals surface area contributed by atoms with Crippen molar-refractivity contribution in [2.45, 2.75) is 13.5 Å². The highest BCUT2D eigenvalue weighted by molar-refractivity contribution is 6.14. The lowest BCUT2D eigenvalue weighted by Crippen LogP contribution is -2.31. The van der Waals surface area contributed by atoms with Crippen molar-refractivity contribution in [2.75, 3.05) is 84.1 Å². The van der Waals surface area contributed by atoms with Crippen LogP contribution in [0.3, 0.4) is 0 Å². The molecule has 2 heterocycles. The van der Waals surface area contributed by atoms with Gasteiger partial charge in [0.25, 0.3) is 5.56 Å². The van der Waals surface area contributed by atoms with Gasteiger partial charge in [0, 0.05) is 46.7 Å². The number of hydrogen-bond acceptors (Lipinski definition) is 10. The SMILES string of the molecule is CCn1c(O)c2cccc3c(=C(N)C=Nc4ccc(N5CCOCCOCCOCCOCCOCC5)cc4)ccc(c1=O)c23. The first-order valence-corrected chi connectivity index (χ1v) is 15.4. The normalized spacial score (nSPS) is 17.8. The molecule has 11 nitrogen and oxygen atoms in total. The molecule has 45 heavy (non-hydrogen) atoms. The second kappa shape index (κ2) is 16.4. The van der Waals surface area contributed by atoms with E-state index >= 15 is 0 Å². The summed E-state index contributed by atoms with van der Waals surface area (Å²) in [5, 5.41) is 14.1. The fourth-order valence-corrected chi connectivity index (χ4v) is 5.37. The quantitative estimate of drug-likeness (QED) is 0.332. The number of anilines is 1. The van der Waals surface area contributed by atoms with Gasteiger partial charge in [-0.3, -0.25) is 14.4 Å². The predicted molar refractivity (Wildman–Crippen MR) is 177 cm³/mol. The highest BCUT2D eigenvalue weighted by atomic mass is 16.6. The van der Waals surface area contributed by atoms with Gasteiger partial charge in [0.2, 0.25) is 5.88 Å². The predicted octanol–water partition coefficient (Wildman–Crippen LogP) is 2.97. The first kappa shape index (κ1) is 32.4. The zero-order valence-electron chi connectivity index (χ0n) is 25.8. The number of rotatable bonds is 4. The fraction of sp³-hybridized carbons (Fsp3) is 0.412. The van der Waals surface area contributed by atoms with Crippen LogP contribution in [-0.4, -0.2) is 95.0 Å². The third-order valence-electron chi connectivity index (χ3n) is 7.71. The molecule has 0 bridgehead atoms. The first-order valence-electron chi connectivity index (χ1n) is 15.4. The van der Waals surface area contributed by atoms with Crippen LogP contribution in [0.1, 0.15) is 6.92 Å². The topological polar surface area (TPSA) is 130 Å². The molecule has 240 valence electrons. The molecular weight excluding hydrogens is 576 g/mol. The molecule has 1 fully saturated rings. The number of aromatic hydroxyl groups is 1. The van der Waals surface area contributed by atoms with Gasteiger partial charge in [-0.15, -0.1) is 0 Å². The average Bonchev–Trinajstić information content (AvgIpc) is 3.06. The van der Waals surface area contributed by atoms with Gasteiger partial charge in [-0.1, -0.05) is 18.2 Å². The van der Waals surface area contributed by atoms with Crippen molar-refractivity contribution in [1.29, 1.82) is 0 Å². The van der Waals surface area contributed by atoms with E-state index in [0.29, 0.717) is 108 Å². The standard InChI is InChI=1S/C34H42N4O7/c1-2-38-33(39)29-5-3-4-28-27(10-11-30(32(28)29)34(38)40)31(35)24-36-25-6-8-26(9-7-25)37-12-14-41-16-18-43-20-22-45-23-21-44-19-17-42-15-13-37/h3-11,24,39H,2,12-23,35H2,1H3. The van der Waals surface area contributed by atoms with Crippen LogP contribution in [0.25, 0.3) is 27.2 Å². The van der Waals surface area contributed by atoms with Crippen LogP contribution < -0.4 is 21.4 Å². The summed E-state index contributed by atoms with van der Waals surface area (Å²) in [6.45, 7) is 8.93. The summed E-state index contributed by atoms with van der Waals surface area (Å²) >= 11 is 0. The van der Waals surface area contributed by atoms with E-state index in [0.717, 1.165) is 22.0 Å². The van der Waals surface area contributed by atoms with Crippen molar-refractivity contribution < 1.29 is 28.8 Å². The molecule has 1 aliphatic heterocycles. The van der Waals surface area contributed by atoms with Crippen LogP contribution in [0.4, 0.5) is 11.4 Å². The number of pyridine rings is 1. The van der Waals surface area contributed by atoms with E-state index in [9.17, 15) is 9.90 Å². The summed E-state index contributed by atoms with van der Waals surface area (Å²) in [6, 6.07) is 17.1. The molecule has 0 saturated carbocycles. The molecule has 3 aromatic carbocycles. The van der Waals surface area contributed by atoms with Crippen LogP contribution in [0, 0.1) is 0 Å². The smallest absolute Gasteiger partial charge is 0.261 e. The third-order valence-corrected chi connectivity index (χ3v) is 7.71. The van der Waals surface area contributed by atoms with Crippen molar-refractivity contribution in [3.05, 3.63) is 70.2 Å². The maximum absolute atomic E-state index is 13.0. The molecule has 1 saturated heterocycles. The van der Waals surface area contributed by atoms with Crippen molar-refractivity contribution >= 4 is 44.8 Å². The molecule has 0 spiro atoms. The Labute approximate surface area is 262 Å². The van der Waals surface area contributed by atoms with Crippen molar-refractivity contribution in [2.24, 2.45) is 10.7 Å². The zero-order chi connectivity index (χ0) is 31.4. The van der Waals surface area contributed by atoms with E-state index in [1.165, 1.54) is 4.57 Å². The monoisotopic (exact) mass is 618 g/mol. The third kappa shape index (κ3) is 8.19. The highest BCUT2D eigenvalue weighted by Gasteiger charge is 2.15. The van der Waals surface area contributed by atoms with E-state index in [4.69, 9.17) is 29.4 Å². The van der Waals surface area contributed by atoms with Gasteiger partial charge in [-0.05, 0) is 48.7 Å². The lowest BCUT2D eigenvalue weighted by atomic mass is 10.00. The van der Waals surface area contributed by atoms with E-state index in [1.54, 1.807) is 12.3 Å². The highest BCUT2D eigenvalue weighted by Crippen LogP contribution is 2.29. The van der Waals surface area contributed by atoms with Crippen molar-refractivity contribution in [3.8, 4) is 5.88 Å². The van der Waals surface area contributed by atoms with E-state index in [-0.39, 0.29) is 11.4 Å². The number of aromatic nitrogens is 1. The lowest BCUT2D eigenvalue weighted by Gasteiger charge is -2.25. The molecule has 3 N–H and O–H groups in total. The minimum atomic E-state index is -0.228. The summed E-state index contributed by atoms with van der Waals surface area (Å²) < 4.78 is 29.5. The Morgan fingerprint density at radius 1 is 0.778 bits per heavy atom. The van der Waals surface area contributed by atoms with Gasteiger partial charge in [0.15, 0.2) is 0 Å². The maximum atomic E-state index is 13.0. The summed E-state index contributed by atoms with van der Waals surface area (Å²) in [4.78, 5) is 19.8. The van der Waals surface area contributed by atoms with Gasteiger partial charge in [-0.25, -0.2) is 0 Å². The summed E-state index contributed by atoms with van der Waals surface area (Å²) in [5.74, 6) is -0.0402. The lowest BCUT2D eigenvalue weighted by molar-refractivity contribution is -0.0116. The minimum Gasteiger partial charge on any atom is -0.494 e. The Morgan fingerprint density at radius 2 is 1.33 bits per heavy atom. The molecule has 0 aliphatic carbocycles. The Bertz CT molecular complexity index is 1670. The molecule has 0 unspecified atom stereocenters. The Balaban J connectivity index is 1.30. The van der Waals surface area contributed by atoms with Crippen LogP contribution in [0.15, 0.2) is 64.4 Å². The fourth-order valence-electron chi connectivity index (χ4n) is 5.37. The minimum absolute atomic E-state index is 0.0402. The Morgan fingerprint density at radius 3 is 1.91 bits per heavy atom. The number of nitrogens with zero attached hydrogens (tertiary/aromatic N) is 3. The van der Waals surface area contributed by atoms with Gasteiger partial charge in [0.1, 0.15) is 0 Å². The number of aliphatic imine (C=N–C) groups is 1. The van der Waals surface area contributed by atoms with Crippen molar-refractivity contribution in [3.63, 3.8) is 0 Å². The average molecular weight is 619 g/mol. The molecule has 0 atom stereocenters. The van der Waals surface area contributed by atoms with Gasteiger partial charge >= 0.3 is 0 Å². The maximum Gasteiger partial charge on any atom is 0.261 e. The van der Waals surface area contributed by atoms with E-state index in [1.807, 2.05) is 55.5 Å². The second-order valence-corrected chi connectivity index (χ2v) is 10.5. The molecular formula is C34H42N4O7. The van der Waals surface area contributed by atoms with Crippen LogP contribution >= 0.6 is 0 Å². The van der Waals surface area contributed by atoms with Crippen LogP contribution in [0.2, 0.25) is 0 Å². The molecule has 4 aromatic rings. The first-order chi connectivity index (χ1) is 22.1. The van der Waals surface area contributed by atoms with Crippen molar-refractivity contribution in [1.82, 2.24) is 4.57 Å². The molecule has 1 aromatic heterocycles. The number of ether oxygens (including phenoxy) is 5. The Hall–Kier alpha value is -4.00. The molecule has 5 rings (SSSR count). The molecule has 1 aliphatic rings. The van der Waals surface area contributed by atoms with Gasteiger partial charge in [0.05, 0.1) is 83.7 Å². The molecule has 0 radical (unpaired) electrons. The van der Waals surface area contributed by atoms with Crippen LogP contribution in [0.5, 0.6) is 5.88 Å². The number of hydrogen-bond donors (Lipinski definition) is 2. The zero-order valence-corrected chi connectivity index (χ0v) is 25.8. The van der Waals surface area contributed by atoms with E-state index in [2.05, 4.69) is 9.89 Å². The number of nitrogens with two attached hydrogens (primary N) is 1.